The number of hydrogen-bond donors (Lipinski definition) is 2. The number of nitrogens with one attached hydrogen (secondary N) is 1. The summed E-state index contributed by atoms with van der Waals surface area (Å²) in [5.74, 6) is -0.730. The number of carbonyl (C=O) groups excluding carboxylic acids is 2. The van der Waals surface area contributed by atoms with E-state index >= 15 is 0 Å². The Morgan fingerprint density at radius 3 is 2.71 bits per heavy atom. The van der Waals surface area contributed by atoms with Gasteiger partial charge in [-0.05, 0) is 73.4 Å². The number of amides is 1. The Morgan fingerprint density at radius 1 is 1.19 bits per heavy atom. The van der Waals surface area contributed by atoms with Gasteiger partial charge in [0, 0.05) is 17.8 Å². The van der Waals surface area contributed by atoms with E-state index in [-0.39, 0.29) is 17.7 Å². The number of ether oxygens (including phenoxy) is 2. The first-order valence-corrected chi connectivity index (χ1v) is 14.2. The second-order valence-corrected chi connectivity index (χ2v) is 11.4. The predicted molar refractivity (Wildman–Crippen MR) is 153 cm³/mol. The summed E-state index contributed by atoms with van der Waals surface area (Å²) in [6.07, 6.45) is 2.99. The van der Waals surface area contributed by atoms with Gasteiger partial charge in [-0.3, -0.25) is 14.3 Å². The fourth-order valence-corrected chi connectivity index (χ4v) is 7.38. The number of benzene rings is 2. The minimum atomic E-state index is -1.08. The number of rotatable bonds is 7. The molecule has 42 heavy (non-hydrogen) atoms. The lowest BCUT2D eigenvalue weighted by atomic mass is 9.60. The third kappa shape index (κ3) is 4.56. The molecule has 3 heterocycles. The molecule has 2 N–H and O–H groups in total. The van der Waals surface area contributed by atoms with Crippen LogP contribution >= 0.6 is 0 Å². The van der Waals surface area contributed by atoms with Crippen molar-refractivity contribution >= 4 is 17.6 Å². The molecule has 2 aliphatic heterocycles. The molecule has 0 radical (unpaired) electrons. The van der Waals surface area contributed by atoms with Gasteiger partial charge in [0.25, 0.3) is 0 Å². The van der Waals surface area contributed by atoms with E-state index in [1.165, 1.54) is 7.11 Å². The van der Waals surface area contributed by atoms with Crippen LogP contribution in [0, 0.1) is 24.3 Å². The summed E-state index contributed by atoms with van der Waals surface area (Å²) in [4.78, 5) is 30.9. The van der Waals surface area contributed by atoms with Crippen molar-refractivity contribution < 1.29 is 24.2 Å². The molecular formula is C31H34N6O5. The molecule has 6 atom stereocenters. The van der Waals surface area contributed by atoms with E-state index in [9.17, 15) is 14.7 Å². The number of anilines is 1. The molecule has 1 aliphatic carbocycles. The Kier molecular flexibility index (Phi) is 7.33. The third-order valence-corrected chi connectivity index (χ3v) is 9.48. The highest BCUT2D eigenvalue weighted by atomic mass is 16.5. The number of methoxy groups -OCH3 is 2. The van der Waals surface area contributed by atoms with Crippen LogP contribution in [0.25, 0.3) is 16.2 Å². The van der Waals surface area contributed by atoms with Crippen molar-refractivity contribution in [3.8, 4) is 17.0 Å². The number of aromatic nitrogens is 3. The zero-order chi connectivity index (χ0) is 29.4. The number of aliphatic hydroxyl groups excluding tert-OH is 1. The van der Waals surface area contributed by atoms with Gasteiger partial charge in [0.1, 0.15) is 22.9 Å². The quantitative estimate of drug-likeness (QED) is 0.328. The van der Waals surface area contributed by atoms with Crippen LogP contribution in [0.1, 0.15) is 31.2 Å². The molecule has 0 bridgehead atoms. The van der Waals surface area contributed by atoms with Gasteiger partial charge >= 0.3 is 5.97 Å². The van der Waals surface area contributed by atoms with Crippen LogP contribution in [0.2, 0.25) is 0 Å². The summed E-state index contributed by atoms with van der Waals surface area (Å²) in [6, 6.07) is 14.6. The predicted octanol–water partition coefficient (Wildman–Crippen LogP) is 3.32. The van der Waals surface area contributed by atoms with E-state index in [0.29, 0.717) is 44.5 Å². The van der Waals surface area contributed by atoms with Crippen LogP contribution in [0.15, 0.2) is 54.7 Å². The molecule has 0 unspecified atom stereocenters. The maximum absolute atomic E-state index is 14.1. The molecule has 6 rings (SSSR count). The van der Waals surface area contributed by atoms with Crippen LogP contribution in [-0.2, 0) is 26.3 Å². The molecule has 1 aromatic heterocycles. The number of piperidine rings is 1. The molecule has 1 saturated carbocycles. The number of carbonyl (C=O) groups is 2. The standard InChI is InChI=1S/C31H34N6O5/c1-32-37-17-20-10-13-26(38)28(29(39)42-3)22(20)16-27(37)31(23-6-4-5-7-24(23)33-30(31)40)14-15-36-18-25(34-35-36)19-8-11-21(41-2)12-9-19/h4-9,11-12,18,20,22,26-28,38H,10,13-17H2,2-3H3,(H,33,40)/t20-,22-,26-,27-,28+,31-/m0/s1. The summed E-state index contributed by atoms with van der Waals surface area (Å²) < 4.78 is 12.1. The average Bonchev–Trinajstić information content (AvgIpc) is 3.61. The molecule has 0 spiro atoms. The van der Waals surface area contributed by atoms with Gasteiger partial charge in [0.15, 0.2) is 0 Å². The number of nitrogens with zero attached hydrogens (tertiary/aromatic N) is 5. The number of fused-ring (bicyclic) bond motifs is 2. The van der Waals surface area contributed by atoms with Gasteiger partial charge in [-0.2, -0.15) is 11.5 Å². The summed E-state index contributed by atoms with van der Waals surface area (Å²) in [5, 5.41) is 24.3. The first-order chi connectivity index (χ1) is 20.4. The Labute approximate surface area is 244 Å². The lowest BCUT2D eigenvalue weighted by Gasteiger charge is -2.49. The topological polar surface area (TPSA) is 123 Å². The molecule has 1 amide bonds. The summed E-state index contributed by atoms with van der Waals surface area (Å²) >= 11 is 0. The molecule has 1 saturated heterocycles. The van der Waals surface area contributed by atoms with Crippen LogP contribution in [-0.4, -0.2) is 69.9 Å². The molecule has 11 nitrogen and oxygen atoms in total. The number of esters is 1. The summed E-state index contributed by atoms with van der Waals surface area (Å²) in [5.41, 5.74) is 2.06. The van der Waals surface area contributed by atoms with Crippen molar-refractivity contribution in [2.45, 2.75) is 49.8 Å². The minimum absolute atomic E-state index is 0.0435. The highest BCUT2D eigenvalue weighted by Gasteiger charge is 2.60. The SMILES string of the molecule is [C-]#[N+]N1C[C@@H]2CC[C@H](O)[C@H](C(=O)OC)[C@H]2C[C@H]1[C@@]1(CCn2cc(-c3ccc(OC)cc3)nn2)C(=O)Nc2ccccc21. The summed E-state index contributed by atoms with van der Waals surface area (Å²) in [6.45, 7) is 8.91. The van der Waals surface area contributed by atoms with Crippen LogP contribution in [0.5, 0.6) is 5.75 Å². The lowest BCUT2D eigenvalue weighted by Crippen LogP contribution is -2.60. The van der Waals surface area contributed by atoms with Crippen LogP contribution < -0.4 is 10.1 Å². The number of hydrogen-bond acceptors (Lipinski definition) is 8. The van der Waals surface area contributed by atoms with E-state index in [0.717, 1.165) is 22.6 Å². The fraction of sp³-hybridized carbons (Fsp3) is 0.452. The highest BCUT2D eigenvalue weighted by Crippen LogP contribution is 2.52. The second-order valence-electron chi connectivity index (χ2n) is 11.4. The number of aliphatic hydroxyl groups is 1. The zero-order valence-corrected chi connectivity index (χ0v) is 23.6. The Morgan fingerprint density at radius 2 is 1.98 bits per heavy atom. The van der Waals surface area contributed by atoms with Gasteiger partial charge in [0.2, 0.25) is 5.91 Å². The van der Waals surface area contributed by atoms with Crippen molar-refractivity contribution in [1.29, 1.82) is 0 Å². The molecule has 3 aromatic rings. The van der Waals surface area contributed by atoms with E-state index in [2.05, 4.69) is 20.6 Å². The monoisotopic (exact) mass is 570 g/mol. The zero-order valence-electron chi connectivity index (χ0n) is 23.6. The summed E-state index contributed by atoms with van der Waals surface area (Å²) in [7, 11) is 2.96. The highest BCUT2D eigenvalue weighted by molar-refractivity contribution is 6.07. The van der Waals surface area contributed by atoms with Crippen LogP contribution in [0.3, 0.4) is 0 Å². The van der Waals surface area contributed by atoms with E-state index in [4.69, 9.17) is 16.0 Å². The van der Waals surface area contributed by atoms with Gasteiger partial charge < -0.3 is 19.9 Å². The largest absolute Gasteiger partial charge is 0.497 e. The lowest BCUT2D eigenvalue weighted by molar-refractivity contribution is -0.160. The molecule has 218 valence electrons. The molecule has 2 fully saturated rings. The van der Waals surface area contributed by atoms with Gasteiger partial charge in [-0.1, -0.05) is 23.4 Å². The number of para-hydroxylation sites is 1. The minimum Gasteiger partial charge on any atom is -0.497 e. The maximum Gasteiger partial charge on any atom is 0.311 e. The van der Waals surface area contributed by atoms with E-state index in [1.807, 2.05) is 54.7 Å². The smallest absolute Gasteiger partial charge is 0.311 e. The van der Waals surface area contributed by atoms with E-state index < -0.39 is 29.4 Å². The second kappa shape index (κ2) is 11.1. The Bertz CT molecular complexity index is 1520. The Hall–Kier alpha value is -4.43. The van der Waals surface area contributed by atoms with Crippen molar-refractivity contribution in [2.24, 2.45) is 17.8 Å². The number of aryl methyl sites for hydroxylation is 1. The molecule has 11 heteroatoms. The third-order valence-electron chi connectivity index (χ3n) is 9.48. The van der Waals surface area contributed by atoms with Gasteiger partial charge in [0.05, 0.1) is 39.0 Å². The fourth-order valence-electron chi connectivity index (χ4n) is 7.38. The average molecular weight is 571 g/mol. The first kappa shape index (κ1) is 27.7. The van der Waals surface area contributed by atoms with Crippen molar-refractivity contribution in [3.63, 3.8) is 0 Å². The van der Waals surface area contributed by atoms with E-state index in [1.54, 1.807) is 16.8 Å². The molecule has 2 aromatic carbocycles. The first-order valence-electron chi connectivity index (χ1n) is 14.2. The van der Waals surface area contributed by atoms with Crippen molar-refractivity contribution in [2.75, 3.05) is 26.1 Å². The molecular weight excluding hydrogens is 536 g/mol. The normalized spacial score (nSPS) is 28.3. The van der Waals surface area contributed by atoms with Crippen LogP contribution in [0.4, 0.5) is 5.69 Å². The van der Waals surface area contributed by atoms with Crippen molar-refractivity contribution in [1.82, 2.24) is 20.0 Å². The van der Waals surface area contributed by atoms with Crippen molar-refractivity contribution in [3.05, 3.63) is 71.8 Å². The molecule has 3 aliphatic rings. The Balaban J connectivity index is 1.35. The maximum atomic E-state index is 14.1. The van der Waals surface area contributed by atoms with Gasteiger partial charge in [-0.25, -0.2) is 0 Å². The van der Waals surface area contributed by atoms with Gasteiger partial charge in [-0.15, -0.1) is 10.1 Å².